The summed E-state index contributed by atoms with van der Waals surface area (Å²) in [7, 11) is 0. The van der Waals surface area contributed by atoms with Crippen molar-refractivity contribution in [2.24, 2.45) is 5.92 Å². The Hall–Kier alpha value is -1.85. The van der Waals surface area contributed by atoms with Gasteiger partial charge in [-0.05, 0) is 13.8 Å². The summed E-state index contributed by atoms with van der Waals surface area (Å²) in [5, 5.41) is 2.88. The van der Waals surface area contributed by atoms with Crippen LogP contribution in [0.2, 0.25) is 0 Å². The molecule has 2 atom stereocenters. The predicted molar refractivity (Wildman–Crippen MR) is 65.5 cm³/mol. The molecule has 0 aromatic carbocycles. The Morgan fingerprint density at radius 3 is 3.06 bits per heavy atom. The van der Waals surface area contributed by atoms with Gasteiger partial charge in [-0.3, -0.25) is 9.59 Å². The summed E-state index contributed by atoms with van der Waals surface area (Å²) in [6.07, 6.45) is 3.68. The minimum atomic E-state index is -0.241. The maximum Gasteiger partial charge on any atom is 0.226 e. The Kier molecular flexibility index (Phi) is 3.64. The SMILES string of the molecule is CCN1CC(C(=O)NC(C)c2ncc[nH]2)CC1=O. The summed E-state index contributed by atoms with van der Waals surface area (Å²) in [5.74, 6) is 0.460. The number of aromatic nitrogens is 2. The van der Waals surface area contributed by atoms with E-state index in [0.717, 1.165) is 5.82 Å². The number of nitrogens with zero attached hydrogens (tertiary/aromatic N) is 2. The van der Waals surface area contributed by atoms with Crippen molar-refractivity contribution < 1.29 is 9.59 Å². The summed E-state index contributed by atoms with van der Waals surface area (Å²) in [5.41, 5.74) is 0. The lowest BCUT2D eigenvalue weighted by Crippen LogP contribution is -2.34. The largest absolute Gasteiger partial charge is 0.347 e. The van der Waals surface area contributed by atoms with Crippen LogP contribution in [0.15, 0.2) is 12.4 Å². The molecule has 2 amide bonds. The third kappa shape index (κ3) is 2.52. The molecule has 1 fully saturated rings. The summed E-state index contributed by atoms with van der Waals surface area (Å²) in [4.78, 5) is 32.4. The zero-order valence-electron chi connectivity index (χ0n) is 10.6. The van der Waals surface area contributed by atoms with Crippen molar-refractivity contribution in [1.29, 1.82) is 0 Å². The van der Waals surface area contributed by atoms with E-state index in [1.54, 1.807) is 17.3 Å². The maximum atomic E-state index is 12.0. The van der Waals surface area contributed by atoms with Gasteiger partial charge in [-0.25, -0.2) is 4.98 Å². The van der Waals surface area contributed by atoms with E-state index >= 15 is 0 Å². The lowest BCUT2D eigenvalue weighted by Gasteiger charge is -2.16. The van der Waals surface area contributed by atoms with Gasteiger partial charge in [0.2, 0.25) is 11.8 Å². The van der Waals surface area contributed by atoms with Crippen LogP contribution in [0.4, 0.5) is 0 Å². The highest BCUT2D eigenvalue weighted by Gasteiger charge is 2.33. The van der Waals surface area contributed by atoms with Crippen molar-refractivity contribution in [2.75, 3.05) is 13.1 Å². The molecular formula is C12H18N4O2. The first-order chi connectivity index (χ1) is 8.61. The van der Waals surface area contributed by atoms with E-state index in [1.165, 1.54) is 0 Å². The molecule has 1 aromatic rings. The Labute approximate surface area is 106 Å². The van der Waals surface area contributed by atoms with Crippen molar-refractivity contribution in [2.45, 2.75) is 26.3 Å². The molecule has 6 nitrogen and oxygen atoms in total. The van der Waals surface area contributed by atoms with Gasteiger partial charge in [-0.1, -0.05) is 0 Å². The third-order valence-corrected chi connectivity index (χ3v) is 3.26. The highest BCUT2D eigenvalue weighted by molar-refractivity contribution is 5.89. The van der Waals surface area contributed by atoms with Crippen LogP contribution < -0.4 is 5.32 Å². The first-order valence-corrected chi connectivity index (χ1v) is 6.19. The normalized spacial score (nSPS) is 21.1. The predicted octanol–water partition coefficient (Wildman–Crippen LogP) is 0.455. The molecule has 2 rings (SSSR count). The molecule has 2 unspecified atom stereocenters. The lowest BCUT2D eigenvalue weighted by molar-refractivity contribution is -0.129. The number of aromatic amines is 1. The molecule has 1 saturated heterocycles. The van der Waals surface area contributed by atoms with Gasteiger partial charge in [-0.2, -0.15) is 0 Å². The molecule has 0 saturated carbocycles. The van der Waals surface area contributed by atoms with Crippen LogP contribution >= 0.6 is 0 Å². The van der Waals surface area contributed by atoms with Crippen molar-refractivity contribution >= 4 is 11.8 Å². The molecule has 0 aliphatic carbocycles. The molecule has 6 heteroatoms. The van der Waals surface area contributed by atoms with E-state index in [-0.39, 0.29) is 23.8 Å². The van der Waals surface area contributed by atoms with E-state index in [1.807, 2.05) is 13.8 Å². The number of amides is 2. The lowest BCUT2D eigenvalue weighted by atomic mass is 10.1. The first kappa shape index (κ1) is 12.6. The standard InChI is InChI=1S/C12H18N4O2/c1-3-16-7-9(6-10(16)17)12(18)15-8(2)11-13-4-5-14-11/h4-5,8-9H,3,6-7H2,1-2H3,(H,13,14)(H,15,18). The molecular weight excluding hydrogens is 232 g/mol. The number of carbonyl (C=O) groups is 2. The number of H-pyrrole nitrogens is 1. The molecule has 98 valence electrons. The Morgan fingerprint density at radius 2 is 2.50 bits per heavy atom. The second-order valence-corrected chi connectivity index (χ2v) is 4.54. The maximum absolute atomic E-state index is 12.0. The first-order valence-electron chi connectivity index (χ1n) is 6.19. The number of rotatable bonds is 4. The fraction of sp³-hybridized carbons (Fsp3) is 0.583. The topological polar surface area (TPSA) is 78.1 Å². The summed E-state index contributed by atoms with van der Waals surface area (Å²) < 4.78 is 0. The van der Waals surface area contributed by atoms with E-state index in [2.05, 4.69) is 15.3 Å². The Balaban J connectivity index is 1.91. The Morgan fingerprint density at radius 1 is 1.72 bits per heavy atom. The van der Waals surface area contributed by atoms with Gasteiger partial charge in [-0.15, -0.1) is 0 Å². The van der Waals surface area contributed by atoms with Crippen LogP contribution in [0.3, 0.4) is 0 Å². The van der Waals surface area contributed by atoms with Crippen molar-refractivity contribution in [3.63, 3.8) is 0 Å². The number of imidazole rings is 1. The number of carbonyl (C=O) groups excluding carboxylic acids is 2. The van der Waals surface area contributed by atoms with E-state index in [0.29, 0.717) is 19.5 Å². The van der Waals surface area contributed by atoms with Crippen molar-refractivity contribution in [3.8, 4) is 0 Å². The highest BCUT2D eigenvalue weighted by atomic mass is 16.2. The third-order valence-electron chi connectivity index (χ3n) is 3.26. The molecule has 2 N–H and O–H groups in total. The average Bonchev–Trinajstić information content (AvgIpc) is 2.97. The minimum absolute atomic E-state index is 0.0586. The monoisotopic (exact) mass is 250 g/mol. The second-order valence-electron chi connectivity index (χ2n) is 4.54. The molecule has 0 bridgehead atoms. The zero-order chi connectivity index (χ0) is 13.1. The fourth-order valence-corrected chi connectivity index (χ4v) is 2.17. The molecule has 1 aromatic heterocycles. The van der Waals surface area contributed by atoms with Crippen LogP contribution in [-0.2, 0) is 9.59 Å². The number of hydrogen-bond donors (Lipinski definition) is 2. The van der Waals surface area contributed by atoms with Crippen LogP contribution in [0.5, 0.6) is 0 Å². The van der Waals surface area contributed by atoms with Crippen LogP contribution in [0.25, 0.3) is 0 Å². The zero-order valence-corrected chi connectivity index (χ0v) is 10.6. The van der Waals surface area contributed by atoms with E-state index in [4.69, 9.17) is 0 Å². The number of hydrogen-bond acceptors (Lipinski definition) is 3. The molecule has 1 aliphatic rings. The molecule has 0 radical (unpaired) electrons. The van der Waals surface area contributed by atoms with Gasteiger partial charge >= 0.3 is 0 Å². The van der Waals surface area contributed by atoms with Gasteiger partial charge in [0.1, 0.15) is 5.82 Å². The van der Waals surface area contributed by atoms with E-state index in [9.17, 15) is 9.59 Å². The number of nitrogens with one attached hydrogen (secondary N) is 2. The summed E-state index contributed by atoms with van der Waals surface area (Å²) in [6.45, 7) is 4.97. The quantitative estimate of drug-likeness (QED) is 0.814. The van der Waals surface area contributed by atoms with Gasteiger partial charge in [0.05, 0.1) is 12.0 Å². The fourth-order valence-electron chi connectivity index (χ4n) is 2.17. The van der Waals surface area contributed by atoms with Crippen molar-refractivity contribution in [1.82, 2.24) is 20.2 Å². The second kappa shape index (κ2) is 5.20. The summed E-state index contributed by atoms with van der Waals surface area (Å²) in [6, 6.07) is -0.168. The smallest absolute Gasteiger partial charge is 0.226 e. The molecule has 2 heterocycles. The average molecular weight is 250 g/mol. The van der Waals surface area contributed by atoms with Gasteiger partial charge in [0.15, 0.2) is 0 Å². The van der Waals surface area contributed by atoms with Gasteiger partial charge in [0.25, 0.3) is 0 Å². The minimum Gasteiger partial charge on any atom is -0.347 e. The van der Waals surface area contributed by atoms with Gasteiger partial charge in [0, 0.05) is 31.9 Å². The number of likely N-dealkylation sites (tertiary alicyclic amines) is 1. The van der Waals surface area contributed by atoms with Crippen molar-refractivity contribution in [3.05, 3.63) is 18.2 Å². The van der Waals surface area contributed by atoms with Gasteiger partial charge < -0.3 is 15.2 Å². The van der Waals surface area contributed by atoms with E-state index < -0.39 is 0 Å². The van der Waals surface area contributed by atoms with Crippen LogP contribution in [0.1, 0.15) is 32.1 Å². The molecule has 18 heavy (non-hydrogen) atoms. The molecule has 0 spiro atoms. The molecule has 1 aliphatic heterocycles. The highest BCUT2D eigenvalue weighted by Crippen LogP contribution is 2.18. The Bertz CT molecular complexity index is 429. The van der Waals surface area contributed by atoms with Crippen LogP contribution in [0, 0.1) is 5.92 Å². The summed E-state index contributed by atoms with van der Waals surface area (Å²) >= 11 is 0. The van der Waals surface area contributed by atoms with Crippen LogP contribution in [-0.4, -0.2) is 39.8 Å².